The van der Waals surface area contributed by atoms with Gasteiger partial charge in [-0.05, 0) is 22.8 Å². The summed E-state index contributed by atoms with van der Waals surface area (Å²) in [4.78, 5) is 11.7. The molecule has 0 spiro atoms. The van der Waals surface area contributed by atoms with Crippen LogP contribution in [0.1, 0.15) is 35.1 Å². The van der Waals surface area contributed by atoms with Crippen LogP contribution in [0, 0.1) is 0 Å². The Morgan fingerprint density at radius 2 is 1.56 bits per heavy atom. The molecule has 0 bridgehead atoms. The first-order valence-electron chi connectivity index (χ1n) is 9.08. The first kappa shape index (κ1) is 18.7. The molecule has 0 N–H and O–H groups in total. The largest absolute Gasteiger partial charge is 0.489 e. The lowest BCUT2D eigenvalue weighted by Crippen LogP contribution is -2.07. The number of esters is 1. The van der Waals surface area contributed by atoms with Crippen molar-refractivity contribution in [2.75, 3.05) is 7.11 Å². The van der Waals surface area contributed by atoms with Gasteiger partial charge in [0.25, 0.3) is 0 Å². The van der Waals surface area contributed by atoms with E-state index >= 15 is 0 Å². The van der Waals surface area contributed by atoms with E-state index in [-0.39, 0.29) is 18.3 Å². The molecule has 3 nitrogen and oxygen atoms in total. The van der Waals surface area contributed by atoms with Crippen molar-refractivity contribution in [1.82, 2.24) is 0 Å². The van der Waals surface area contributed by atoms with E-state index in [2.05, 4.69) is 25.1 Å². The molecule has 3 aromatic carbocycles. The Kier molecular flexibility index (Phi) is 6.26. The Balaban J connectivity index is 1.89. The van der Waals surface area contributed by atoms with Crippen LogP contribution < -0.4 is 4.74 Å². The third-order valence-corrected chi connectivity index (χ3v) is 4.65. The number of rotatable bonds is 7. The van der Waals surface area contributed by atoms with Crippen molar-refractivity contribution in [2.45, 2.75) is 25.9 Å². The Labute approximate surface area is 160 Å². The molecule has 138 valence electrons. The summed E-state index contributed by atoms with van der Waals surface area (Å²) in [5.41, 5.74) is 4.32. The molecule has 0 heterocycles. The van der Waals surface area contributed by atoms with Gasteiger partial charge >= 0.3 is 5.97 Å². The number of hydrogen-bond acceptors (Lipinski definition) is 3. The summed E-state index contributed by atoms with van der Waals surface area (Å²) >= 11 is 0. The van der Waals surface area contributed by atoms with Gasteiger partial charge in [-0.25, -0.2) is 0 Å². The van der Waals surface area contributed by atoms with E-state index in [1.807, 2.05) is 60.7 Å². The monoisotopic (exact) mass is 360 g/mol. The molecular weight excluding hydrogens is 336 g/mol. The van der Waals surface area contributed by atoms with Gasteiger partial charge in [-0.2, -0.15) is 0 Å². The molecule has 3 aromatic rings. The van der Waals surface area contributed by atoms with Crippen LogP contribution in [-0.2, 0) is 22.6 Å². The van der Waals surface area contributed by atoms with Gasteiger partial charge in [-0.3, -0.25) is 4.79 Å². The smallest absolute Gasteiger partial charge is 0.309 e. The third kappa shape index (κ3) is 4.98. The SMILES string of the molecule is COC(=O)Cc1ccc(OCc2ccccc2)c([C@H](C)c2ccccc2)c1. The van der Waals surface area contributed by atoms with Crippen molar-refractivity contribution in [3.63, 3.8) is 0 Å². The van der Waals surface area contributed by atoms with E-state index in [1.54, 1.807) is 0 Å². The van der Waals surface area contributed by atoms with Crippen LogP contribution in [0.2, 0.25) is 0 Å². The molecular formula is C24H24O3. The molecule has 0 radical (unpaired) electrons. The van der Waals surface area contributed by atoms with Gasteiger partial charge in [0, 0.05) is 11.5 Å². The van der Waals surface area contributed by atoms with E-state index in [1.165, 1.54) is 12.7 Å². The van der Waals surface area contributed by atoms with Crippen molar-refractivity contribution >= 4 is 5.97 Å². The predicted octanol–water partition coefficient (Wildman–Crippen LogP) is 5.13. The summed E-state index contributed by atoms with van der Waals surface area (Å²) in [6.45, 7) is 2.66. The number of hydrogen-bond donors (Lipinski definition) is 0. The minimum atomic E-state index is -0.244. The number of benzene rings is 3. The summed E-state index contributed by atoms with van der Waals surface area (Å²) in [6.07, 6.45) is 0.254. The maximum Gasteiger partial charge on any atom is 0.309 e. The van der Waals surface area contributed by atoms with Crippen LogP contribution in [0.15, 0.2) is 78.9 Å². The van der Waals surface area contributed by atoms with Gasteiger partial charge in [0.1, 0.15) is 12.4 Å². The Morgan fingerprint density at radius 3 is 2.22 bits per heavy atom. The van der Waals surface area contributed by atoms with E-state index < -0.39 is 0 Å². The highest BCUT2D eigenvalue weighted by atomic mass is 16.5. The molecule has 0 saturated carbocycles. The van der Waals surface area contributed by atoms with Crippen molar-refractivity contribution in [2.24, 2.45) is 0 Å². The van der Waals surface area contributed by atoms with Gasteiger partial charge in [0.05, 0.1) is 13.5 Å². The second-order valence-corrected chi connectivity index (χ2v) is 6.53. The van der Waals surface area contributed by atoms with Crippen molar-refractivity contribution in [1.29, 1.82) is 0 Å². The summed E-state index contributed by atoms with van der Waals surface area (Å²) in [7, 11) is 1.41. The number of methoxy groups -OCH3 is 1. The second-order valence-electron chi connectivity index (χ2n) is 6.53. The predicted molar refractivity (Wildman–Crippen MR) is 107 cm³/mol. The zero-order valence-electron chi connectivity index (χ0n) is 15.7. The van der Waals surface area contributed by atoms with Gasteiger partial charge in [-0.15, -0.1) is 0 Å². The van der Waals surface area contributed by atoms with Crippen LogP contribution in [0.4, 0.5) is 0 Å². The zero-order valence-corrected chi connectivity index (χ0v) is 15.7. The highest BCUT2D eigenvalue weighted by Gasteiger charge is 2.16. The lowest BCUT2D eigenvalue weighted by molar-refractivity contribution is -0.139. The molecule has 0 fully saturated rings. The molecule has 0 aliphatic carbocycles. The van der Waals surface area contributed by atoms with Crippen molar-refractivity contribution < 1.29 is 14.3 Å². The fourth-order valence-electron chi connectivity index (χ4n) is 3.07. The average Bonchev–Trinajstić information content (AvgIpc) is 2.73. The molecule has 0 aliphatic heterocycles. The molecule has 0 aliphatic rings. The van der Waals surface area contributed by atoms with Crippen LogP contribution >= 0.6 is 0 Å². The summed E-state index contributed by atoms with van der Waals surface area (Å²) < 4.78 is 10.9. The minimum absolute atomic E-state index is 0.148. The summed E-state index contributed by atoms with van der Waals surface area (Å²) in [6, 6.07) is 26.3. The minimum Gasteiger partial charge on any atom is -0.489 e. The highest BCUT2D eigenvalue weighted by molar-refractivity contribution is 5.72. The Morgan fingerprint density at radius 1 is 0.889 bits per heavy atom. The van der Waals surface area contributed by atoms with E-state index in [0.717, 1.165) is 22.4 Å². The van der Waals surface area contributed by atoms with Crippen LogP contribution in [-0.4, -0.2) is 13.1 Å². The molecule has 3 rings (SSSR count). The molecule has 1 atom stereocenters. The third-order valence-electron chi connectivity index (χ3n) is 4.65. The van der Waals surface area contributed by atoms with Gasteiger partial charge in [0.15, 0.2) is 0 Å². The van der Waals surface area contributed by atoms with Gasteiger partial charge in [0.2, 0.25) is 0 Å². The molecule has 0 amide bonds. The van der Waals surface area contributed by atoms with Crippen LogP contribution in [0.3, 0.4) is 0 Å². The maximum absolute atomic E-state index is 11.7. The number of carbonyl (C=O) groups is 1. The lowest BCUT2D eigenvalue weighted by Gasteiger charge is -2.19. The maximum atomic E-state index is 11.7. The lowest BCUT2D eigenvalue weighted by atomic mass is 9.91. The van der Waals surface area contributed by atoms with Gasteiger partial charge in [-0.1, -0.05) is 79.7 Å². The summed E-state index contributed by atoms with van der Waals surface area (Å²) in [5.74, 6) is 0.740. The second kappa shape index (κ2) is 9.04. The first-order chi connectivity index (χ1) is 13.2. The zero-order chi connectivity index (χ0) is 19.1. The molecule has 0 aromatic heterocycles. The topological polar surface area (TPSA) is 35.5 Å². The summed E-state index contributed by atoms with van der Waals surface area (Å²) in [5, 5.41) is 0. The van der Waals surface area contributed by atoms with Gasteiger partial charge < -0.3 is 9.47 Å². The van der Waals surface area contributed by atoms with E-state index in [9.17, 15) is 4.79 Å². The number of ether oxygens (including phenoxy) is 2. The fourth-order valence-corrected chi connectivity index (χ4v) is 3.07. The first-order valence-corrected chi connectivity index (χ1v) is 9.08. The molecule has 3 heteroatoms. The van der Waals surface area contributed by atoms with E-state index in [0.29, 0.717) is 6.61 Å². The highest BCUT2D eigenvalue weighted by Crippen LogP contribution is 2.33. The van der Waals surface area contributed by atoms with Crippen molar-refractivity contribution in [3.05, 3.63) is 101 Å². The van der Waals surface area contributed by atoms with Crippen LogP contribution in [0.25, 0.3) is 0 Å². The average molecular weight is 360 g/mol. The molecule has 27 heavy (non-hydrogen) atoms. The normalized spacial score (nSPS) is 11.6. The van der Waals surface area contributed by atoms with E-state index in [4.69, 9.17) is 9.47 Å². The van der Waals surface area contributed by atoms with Crippen molar-refractivity contribution in [3.8, 4) is 5.75 Å². The molecule has 0 unspecified atom stereocenters. The number of carbonyl (C=O) groups excluding carboxylic acids is 1. The fraction of sp³-hybridized carbons (Fsp3) is 0.208. The van der Waals surface area contributed by atoms with Crippen LogP contribution in [0.5, 0.6) is 5.75 Å². The standard InChI is InChI=1S/C24H24O3/c1-18(21-11-7-4-8-12-21)22-15-20(16-24(25)26-2)13-14-23(22)27-17-19-9-5-3-6-10-19/h3-15,18H,16-17H2,1-2H3/t18-/m1/s1. The Hall–Kier alpha value is -3.07. The molecule has 0 saturated heterocycles. The Bertz CT molecular complexity index is 873. The quantitative estimate of drug-likeness (QED) is 0.548.